The molecule has 0 N–H and O–H groups in total. The number of fused-ring (bicyclic) bond motifs is 1. The Hall–Kier alpha value is -2.62. The first-order valence-corrected chi connectivity index (χ1v) is 10.8. The molecule has 4 heteroatoms. The molecule has 1 unspecified atom stereocenters. The van der Waals surface area contributed by atoms with Crippen molar-refractivity contribution in [2.75, 3.05) is 25.5 Å². The SMILES string of the molecule is CN(C)CC1CCc2cc(N(C=O)c3ccc(-c4cccc(Cl)c4)cc3)ccc2C1. The number of benzene rings is 3. The number of rotatable bonds is 6. The minimum Gasteiger partial charge on any atom is -0.309 e. The number of amides is 1. The zero-order valence-corrected chi connectivity index (χ0v) is 18.3. The second-order valence-electron chi connectivity index (χ2n) is 8.36. The van der Waals surface area contributed by atoms with Crippen LogP contribution in [0.15, 0.2) is 66.7 Å². The molecule has 3 nitrogen and oxygen atoms in total. The van der Waals surface area contributed by atoms with Crippen LogP contribution in [-0.2, 0) is 17.6 Å². The van der Waals surface area contributed by atoms with Crippen molar-refractivity contribution >= 4 is 29.4 Å². The first-order valence-electron chi connectivity index (χ1n) is 10.4. The maximum absolute atomic E-state index is 11.9. The van der Waals surface area contributed by atoms with Crippen LogP contribution in [0.1, 0.15) is 17.5 Å². The van der Waals surface area contributed by atoms with E-state index < -0.39 is 0 Å². The van der Waals surface area contributed by atoms with Gasteiger partial charge in [0.25, 0.3) is 0 Å². The lowest BCUT2D eigenvalue weighted by Crippen LogP contribution is -2.26. The van der Waals surface area contributed by atoms with Crippen molar-refractivity contribution in [1.82, 2.24) is 4.90 Å². The van der Waals surface area contributed by atoms with Crippen molar-refractivity contribution in [1.29, 1.82) is 0 Å². The molecule has 1 amide bonds. The molecule has 0 spiro atoms. The fraction of sp³-hybridized carbons (Fsp3) is 0.269. The third kappa shape index (κ3) is 4.58. The molecule has 3 aromatic rings. The molecular formula is C26H27ClN2O. The summed E-state index contributed by atoms with van der Waals surface area (Å²) in [7, 11) is 4.27. The first kappa shape index (κ1) is 20.6. The van der Waals surface area contributed by atoms with E-state index in [0.29, 0.717) is 10.9 Å². The molecule has 1 aliphatic carbocycles. The van der Waals surface area contributed by atoms with E-state index in [1.54, 1.807) is 4.90 Å². The Morgan fingerprint density at radius 2 is 1.70 bits per heavy atom. The van der Waals surface area contributed by atoms with Crippen molar-refractivity contribution in [3.05, 3.63) is 82.9 Å². The summed E-state index contributed by atoms with van der Waals surface area (Å²) in [6.07, 6.45) is 4.28. The lowest BCUT2D eigenvalue weighted by Gasteiger charge is -2.28. The van der Waals surface area contributed by atoms with Crippen molar-refractivity contribution in [3.8, 4) is 11.1 Å². The number of aryl methyl sites for hydroxylation is 1. The summed E-state index contributed by atoms with van der Waals surface area (Å²) in [6, 6.07) is 22.3. The van der Waals surface area contributed by atoms with Crippen LogP contribution >= 0.6 is 11.6 Å². The van der Waals surface area contributed by atoms with Crippen LogP contribution in [-0.4, -0.2) is 32.0 Å². The van der Waals surface area contributed by atoms with Gasteiger partial charge >= 0.3 is 0 Å². The van der Waals surface area contributed by atoms with Crippen LogP contribution in [0.2, 0.25) is 5.02 Å². The molecule has 1 aliphatic rings. The predicted octanol–water partition coefficient (Wildman–Crippen LogP) is 5.97. The van der Waals surface area contributed by atoms with Crippen molar-refractivity contribution in [2.24, 2.45) is 5.92 Å². The van der Waals surface area contributed by atoms with Crippen molar-refractivity contribution in [2.45, 2.75) is 19.3 Å². The maximum atomic E-state index is 11.9. The van der Waals surface area contributed by atoms with Crippen LogP contribution in [0.4, 0.5) is 11.4 Å². The molecule has 1 atom stereocenters. The average Bonchev–Trinajstić information content (AvgIpc) is 2.74. The monoisotopic (exact) mass is 418 g/mol. The number of halogens is 1. The third-order valence-electron chi connectivity index (χ3n) is 5.83. The standard InChI is InChI=1S/C26H27ClN2O/c1-28(2)17-19-6-7-23-16-26(13-10-22(23)14-19)29(18-30)25-11-8-20(9-12-25)21-4-3-5-24(27)15-21/h3-5,8-13,15-16,18-19H,6-7,14,17H2,1-2H3. The molecule has 3 aromatic carbocycles. The van der Waals surface area contributed by atoms with Gasteiger partial charge in [-0.3, -0.25) is 9.69 Å². The summed E-state index contributed by atoms with van der Waals surface area (Å²) in [6.45, 7) is 1.13. The summed E-state index contributed by atoms with van der Waals surface area (Å²) >= 11 is 6.11. The number of hydrogen-bond donors (Lipinski definition) is 0. The number of hydrogen-bond acceptors (Lipinski definition) is 2. The number of nitrogens with zero attached hydrogens (tertiary/aromatic N) is 2. The third-order valence-corrected chi connectivity index (χ3v) is 6.07. The van der Waals surface area contributed by atoms with Crippen LogP contribution < -0.4 is 4.90 Å². The lowest BCUT2D eigenvalue weighted by molar-refractivity contribution is -0.106. The highest BCUT2D eigenvalue weighted by Gasteiger charge is 2.20. The van der Waals surface area contributed by atoms with E-state index in [1.807, 2.05) is 48.5 Å². The van der Waals surface area contributed by atoms with Gasteiger partial charge < -0.3 is 4.90 Å². The summed E-state index contributed by atoms with van der Waals surface area (Å²) in [5.74, 6) is 0.708. The Bertz CT molecular complexity index is 1030. The van der Waals surface area contributed by atoms with Gasteiger partial charge in [0.15, 0.2) is 0 Å². The van der Waals surface area contributed by atoms with Gasteiger partial charge in [0, 0.05) is 22.9 Å². The topological polar surface area (TPSA) is 23.6 Å². The second-order valence-corrected chi connectivity index (χ2v) is 8.79. The smallest absolute Gasteiger partial charge is 0.218 e. The molecular weight excluding hydrogens is 392 g/mol. The van der Waals surface area contributed by atoms with E-state index in [9.17, 15) is 4.79 Å². The van der Waals surface area contributed by atoms with E-state index >= 15 is 0 Å². The van der Waals surface area contributed by atoms with Crippen LogP contribution in [0.3, 0.4) is 0 Å². The second kappa shape index (κ2) is 9.03. The van der Waals surface area contributed by atoms with Crippen molar-refractivity contribution in [3.63, 3.8) is 0 Å². The summed E-state index contributed by atoms with van der Waals surface area (Å²) < 4.78 is 0. The zero-order chi connectivity index (χ0) is 21.1. The first-order chi connectivity index (χ1) is 14.5. The van der Waals surface area contributed by atoms with Gasteiger partial charge in [-0.2, -0.15) is 0 Å². The van der Waals surface area contributed by atoms with Crippen LogP contribution in [0.25, 0.3) is 11.1 Å². The number of anilines is 2. The Morgan fingerprint density at radius 1 is 0.933 bits per heavy atom. The molecule has 0 bridgehead atoms. The summed E-state index contributed by atoms with van der Waals surface area (Å²) in [4.78, 5) is 15.9. The molecule has 30 heavy (non-hydrogen) atoms. The van der Waals surface area contributed by atoms with E-state index in [1.165, 1.54) is 17.5 Å². The van der Waals surface area contributed by atoms with Gasteiger partial charge in [-0.05, 0) is 97.9 Å². The van der Waals surface area contributed by atoms with Gasteiger partial charge in [0.2, 0.25) is 6.41 Å². The Kier molecular flexibility index (Phi) is 6.21. The van der Waals surface area contributed by atoms with Crippen LogP contribution in [0, 0.1) is 5.92 Å². The van der Waals surface area contributed by atoms with E-state index in [0.717, 1.165) is 48.3 Å². The minimum atomic E-state index is 0.708. The molecule has 0 aromatic heterocycles. The van der Waals surface area contributed by atoms with Gasteiger partial charge in [0.1, 0.15) is 0 Å². The van der Waals surface area contributed by atoms with Gasteiger partial charge in [0.05, 0.1) is 0 Å². The number of carbonyl (C=O) groups excluding carboxylic acids is 1. The van der Waals surface area contributed by atoms with Gasteiger partial charge in [-0.15, -0.1) is 0 Å². The summed E-state index contributed by atoms with van der Waals surface area (Å²) in [5.41, 5.74) is 6.70. The molecule has 0 radical (unpaired) electrons. The molecule has 0 fully saturated rings. The van der Waals surface area contributed by atoms with Gasteiger partial charge in [-0.25, -0.2) is 0 Å². The van der Waals surface area contributed by atoms with E-state index in [2.05, 4.69) is 37.2 Å². The van der Waals surface area contributed by atoms with E-state index in [-0.39, 0.29) is 0 Å². The normalized spacial score (nSPS) is 15.7. The predicted molar refractivity (Wildman–Crippen MR) is 126 cm³/mol. The minimum absolute atomic E-state index is 0.708. The zero-order valence-electron chi connectivity index (χ0n) is 17.5. The van der Waals surface area contributed by atoms with Crippen molar-refractivity contribution < 1.29 is 4.79 Å². The van der Waals surface area contributed by atoms with Gasteiger partial charge in [-0.1, -0.05) is 41.9 Å². The Labute approximate surface area is 183 Å². The van der Waals surface area contributed by atoms with E-state index in [4.69, 9.17) is 11.6 Å². The highest BCUT2D eigenvalue weighted by molar-refractivity contribution is 6.30. The quantitative estimate of drug-likeness (QED) is 0.460. The van der Waals surface area contributed by atoms with Crippen LogP contribution in [0.5, 0.6) is 0 Å². The highest BCUT2D eigenvalue weighted by atomic mass is 35.5. The average molecular weight is 419 g/mol. The molecule has 0 saturated heterocycles. The summed E-state index contributed by atoms with van der Waals surface area (Å²) in [5, 5.41) is 0.716. The molecule has 4 rings (SSSR count). The lowest BCUT2D eigenvalue weighted by atomic mass is 9.83. The fourth-order valence-electron chi connectivity index (χ4n) is 4.39. The maximum Gasteiger partial charge on any atom is 0.218 e. The fourth-order valence-corrected chi connectivity index (χ4v) is 4.58. The number of carbonyl (C=O) groups is 1. The largest absolute Gasteiger partial charge is 0.309 e. The molecule has 0 heterocycles. The molecule has 0 saturated carbocycles. The molecule has 0 aliphatic heterocycles. The highest BCUT2D eigenvalue weighted by Crippen LogP contribution is 2.33. The molecule has 154 valence electrons. The Balaban J connectivity index is 1.55. The Morgan fingerprint density at radius 3 is 2.40 bits per heavy atom.